The maximum Gasteiger partial charge on any atom is 0.361 e. The van der Waals surface area contributed by atoms with E-state index in [-0.39, 0.29) is 38.2 Å². The number of esters is 2. The molecule has 446 valence electrons. The standard InChI is InChI=1S/C66H129NO8/c1-6-8-10-12-14-16-18-20-22-24-26-28-29-30-31-32-33-34-35-37-39-41-43-45-47-49-51-53-55-57-64(69)75-62(61-74-66(65(70)71)72-59-58-67(3,4)5)60-73-63(68)56-54-52-50-48-46-44-42-40-38-36-27-25-23-21-19-17-15-13-11-9-7-2/h62,66H,6-61H2,1-5H3/p+1. The zero-order chi connectivity index (χ0) is 54.8. The number of carbonyl (C=O) groups excluding carboxylic acids is 2. The monoisotopic (exact) mass is 1060 g/mol. The minimum Gasteiger partial charge on any atom is -0.477 e. The van der Waals surface area contributed by atoms with Crippen LogP contribution in [0, 0.1) is 0 Å². The zero-order valence-corrected chi connectivity index (χ0v) is 51.0. The van der Waals surface area contributed by atoms with Gasteiger partial charge in [-0.15, -0.1) is 0 Å². The minimum atomic E-state index is -1.50. The molecule has 0 aromatic heterocycles. The molecule has 9 heteroatoms. The molecule has 0 aliphatic carbocycles. The molecule has 0 aromatic rings. The molecule has 0 fully saturated rings. The van der Waals surface area contributed by atoms with Crippen LogP contribution in [0.15, 0.2) is 0 Å². The molecule has 0 rings (SSSR count). The lowest BCUT2D eigenvalue weighted by Gasteiger charge is -2.25. The van der Waals surface area contributed by atoms with E-state index < -0.39 is 18.4 Å². The zero-order valence-electron chi connectivity index (χ0n) is 51.0. The predicted molar refractivity (Wildman–Crippen MR) is 318 cm³/mol. The molecule has 75 heavy (non-hydrogen) atoms. The Hall–Kier alpha value is -1.71. The number of carboxylic acid groups (broad SMARTS) is 1. The van der Waals surface area contributed by atoms with Crippen LogP contribution in [-0.2, 0) is 33.3 Å². The molecule has 0 aliphatic heterocycles. The molecule has 0 saturated carbocycles. The number of aliphatic carboxylic acids is 1. The van der Waals surface area contributed by atoms with Crippen molar-refractivity contribution in [2.24, 2.45) is 0 Å². The molecular weight excluding hydrogens is 935 g/mol. The van der Waals surface area contributed by atoms with Crippen molar-refractivity contribution in [2.45, 2.75) is 360 Å². The van der Waals surface area contributed by atoms with Gasteiger partial charge in [0, 0.05) is 12.8 Å². The summed E-state index contributed by atoms with van der Waals surface area (Å²) in [5.41, 5.74) is 0. The van der Waals surface area contributed by atoms with Crippen molar-refractivity contribution in [1.82, 2.24) is 0 Å². The molecule has 0 saturated heterocycles. The van der Waals surface area contributed by atoms with E-state index in [0.29, 0.717) is 17.4 Å². The van der Waals surface area contributed by atoms with Crippen LogP contribution in [0.25, 0.3) is 0 Å². The van der Waals surface area contributed by atoms with Gasteiger partial charge in [-0.05, 0) is 12.8 Å². The summed E-state index contributed by atoms with van der Waals surface area (Å²) >= 11 is 0. The van der Waals surface area contributed by atoms with E-state index in [9.17, 15) is 19.5 Å². The molecule has 2 unspecified atom stereocenters. The number of carboxylic acids is 1. The highest BCUT2D eigenvalue weighted by Crippen LogP contribution is 2.19. The van der Waals surface area contributed by atoms with Crippen molar-refractivity contribution in [2.75, 3.05) is 47.5 Å². The Morgan fingerprint density at radius 3 is 0.853 bits per heavy atom. The van der Waals surface area contributed by atoms with E-state index in [1.54, 1.807) is 0 Å². The molecule has 0 radical (unpaired) electrons. The summed E-state index contributed by atoms with van der Waals surface area (Å²) in [6.07, 6.45) is 64.9. The number of likely N-dealkylation sites (N-methyl/N-ethyl adjacent to an activating group) is 1. The molecule has 1 N–H and O–H groups in total. The van der Waals surface area contributed by atoms with Crippen LogP contribution in [0.2, 0.25) is 0 Å². The first-order valence-electron chi connectivity index (χ1n) is 33.2. The number of nitrogens with zero attached hydrogens (tertiary/aromatic N) is 1. The van der Waals surface area contributed by atoms with Gasteiger partial charge in [0.15, 0.2) is 6.10 Å². The Balaban J connectivity index is 4.07. The molecule has 2 atom stereocenters. The lowest BCUT2D eigenvalue weighted by Crippen LogP contribution is -2.40. The van der Waals surface area contributed by atoms with Gasteiger partial charge in [-0.25, -0.2) is 4.79 Å². The second-order valence-electron chi connectivity index (χ2n) is 24.2. The molecule has 0 spiro atoms. The van der Waals surface area contributed by atoms with Crippen LogP contribution >= 0.6 is 0 Å². The highest BCUT2D eigenvalue weighted by atomic mass is 16.7. The van der Waals surface area contributed by atoms with Crippen LogP contribution < -0.4 is 0 Å². The van der Waals surface area contributed by atoms with Crippen molar-refractivity contribution in [3.05, 3.63) is 0 Å². The summed E-state index contributed by atoms with van der Waals surface area (Å²) in [5, 5.41) is 9.73. The number of carbonyl (C=O) groups is 3. The van der Waals surface area contributed by atoms with Crippen molar-refractivity contribution >= 4 is 17.9 Å². The van der Waals surface area contributed by atoms with Gasteiger partial charge in [0.05, 0.1) is 34.4 Å². The molecular formula is C66H130NO8+. The molecule has 0 aliphatic rings. The average molecular weight is 1070 g/mol. The van der Waals surface area contributed by atoms with Crippen molar-refractivity contribution in [1.29, 1.82) is 0 Å². The molecule has 0 bridgehead atoms. The first-order chi connectivity index (χ1) is 36.6. The summed E-state index contributed by atoms with van der Waals surface area (Å²) in [5.74, 6) is -1.97. The van der Waals surface area contributed by atoms with E-state index in [0.717, 1.165) is 38.5 Å². The number of rotatable bonds is 63. The summed E-state index contributed by atoms with van der Waals surface area (Å²) in [6, 6.07) is 0. The average Bonchev–Trinajstić information content (AvgIpc) is 3.38. The number of quaternary nitrogens is 1. The first-order valence-corrected chi connectivity index (χ1v) is 33.2. The molecule has 9 nitrogen and oxygen atoms in total. The Labute approximate surface area is 466 Å². The molecule has 0 heterocycles. The Kier molecular flexibility index (Phi) is 57.1. The van der Waals surface area contributed by atoms with E-state index in [1.165, 1.54) is 283 Å². The molecule has 0 aromatic carbocycles. The third kappa shape index (κ3) is 59.8. The van der Waals surface area contributed by atoms with Crippen LogP contribution in [0.1, 0.15) is 348 Å². The first kappa shape index (κ1) is 73.3. The Morgan fingerprint density at radius 1 is 0.347 bits per heavy atom. The second-order valence-corrected chi connectivity index (χ2v) is 24.2. The molecule has 0 amide bonds. The van der Waals surface area contributed by atoms with Gasteiger partial charge >= 0.3 is 17.9 Å². The summed E-state index contributed by atoms with van der Waals surface area (Å²) < 4.78 is 23.0. The van der Waals surface area contributed by atoms with Crippen molar-refractivity contribution in [3.63, 3.8) is 0 Å². The minimum absolute atomic E-state index is 0.172. The SMILES string of the molecule is CCCCCCCCCCCCCCCCCCCCCCCCCCCCCCCC(=O)OC(COC(=O)CCCCCCCCCCCCCCCCCCCCCCC)COC(OCC[N+](C)(C)C)C(=O)O. The Bertz CT molecular complexity index is 1190. The van der Waals surface area contributed by atoms with Gasteiger partial charge in [-0.3, -0.25) is 9.59 Å². The lowest BCUT2D eigenvalue weighted by atomic mass is 10.0. The van der Waals surface area contributed by atoms with E-state index in [4.69, 9.17) is 18.9 Å². The van der Waals surface area contributed by atoms with Crippen molar-refractivity contribution in [3.8, 4) is 0 Å². The third-order valence-electron chi connectivity index (χ3n) is 15.4. The number of unbranched alkanes of at least 4 members (excludes halogenated alkanes) is 48. The highest BCUT2D eigenvalue weighted by molar-refractivity contribution is 5.71. The fourth-order valence-corrected chi connectivity index (χ4v) is 10.3. The number of ether oxygens (including phenoxy) is 4. The van der Waals surface area contributed by atoms with Crippen molar-refractivity contribution < 1.29 is 42.9 Å². The summed E-state index contributed by atoms with van der Waals surface area (Å²) in [4.78, 5) is 37.5. The smallest absolute Gasteiger partial charge is 0.361 e. The largest absolute Gasteiger partial charge is 0.477 e. The van der Waals surface area contributed by atoms with Crippen LogP contribution in [0.4, 0.5) is 0 Å². The van der Waals surface area contributed by atoms with E-state index in [1.807, 2.05) is 21.1 Å². The Morgan fingerprint density at radius 2 is 0.600 bits per heavy atom. The quantitative estimate of drug-likeness (QED) is 0.0278. The van der Waals surface area contributed by atoms with Gasteiger partial charge in [-0.2, -0.15) is 0 Å². The lowest BCUT2D eigenvalue weighted by molar-refractivity contribution is -0.870. The van der Waals surface area contributed by atoms with Crippen LogP contribution in [-0.4, -0.2) is 87.4 Å². The summed E-state index contributed by atoms with van der Waals surface area (Å²) in [7, 11) is 5.99. The maximum atomic E-state index is 12.9. The van der Waals surface area contributed by atoms with Crippen LogP contribution in [0.3, 0.4) is 0 Å². The van der Waals surface area contributed by atoms with E-state index in [2.05, 4.69) is 13.8 Å². The van der Waals surface area contributed by atoms with E-state index >= 15 is 0 Å². The normalized spacial score (nSPS) is 12.6. The van der Waals surface area contributed by atoms with Crippen LogP contribution in [0.5, 0.6) is 0 Å². The maximum absolute atomic E-state index is 12.9. The summed E-state index contributed by atoms with van der Waals surface area (Å²) in [6.45, 7) is 4.97. The highest BCUT2D eigenvalue weighted by Gasteiger charge is 2.25. The fourth-order valence-electron chi connectivity index (χ4n) is 10.3. The predicted octanol–water partition coefficient (Wildman–Crippen LogP) is 19.9. The third-order valence-corrected chi connectivity index (χ3v) is 15.4. The second kappa shape index (κ2) is 58.4. The van der Waals surface area contributed by atoms with Gasteiger partial charge in [-0.1, -0.05) is 322 Å². The van der Waals surface area contributed by atoms with Gasteiger partial charge < -0.3 is 28.5 Å². The van der Waals surface area contributed by atoms with Gasteiger partial charge in [0.1, 0.15) is 13.2 Å². The number of hydrogen-bond acceptors (Lipinski definition) is 7. The topological polar surface area (TPSA) is 108 Å². The van der Waals surface area contributed by atoms with Gasteiger partial charge in [0.2, 0.25) is 0 Å². The fraction of sp³-hybridized carbons (Fsp3) is 0.955. The van der Waals surface area contributed by atoms with Gasteiger partial charge in [0.25, 0.3) is 6.29 Å². The number of hydrogen-bond donors (Lipinski definition) is 1.